The van der Waals surface area contributed by atoms with Crippen molar-refractivity contribution < 1.29 is 33.8 Å². The Labute approximate surface area is 104 Å². The van der Waals surface area contributed by atoms with E-state index in [0.29, 0.717) is 11.3 Å². The minimum absolute atomic E-state index is 0. The van der Waals surface area contributed by atoms with Crippen LogP contribution in [0.5, 0.6) is 5.75 Å². The van der Waals surface area contributed by atoms with Gasteiger partial charge in [0.25, 0.3) is 0 Å². The molecule has 0 aromatic heterocycles. The molecule has 0 heterocycles. The summed E-state index contributed by atoms with van der Waals surface area (Å²) in [4.78, 5) is 10.5. The van der Waals surface area contributed by atoms with Crippen molar-refractivity contribution in [1.29, 1.82) is 0 Å². The van der Waals surface area contributed by atoms with E-state index in [1.54, 1.807) is 0 Å². The second kappa shape index (κ2) is 9.40. The summed E-state index contributed by atoms with van der Waals surface area (Å²) >= 11 is 0. The van der Waals surface area contributed by atoms with Crippen LogP contribution in [-0.2, 0) is 16.0 Å². The largest absolute Gasteiger partial charge is 0.482 e. The van der Waals surface area contributed by atoms with Crippen LogP contribution in [0.25, 0.3) is 0 Å². The van der Waals surface area contributed by atoms with E-state index in [2.05, 4.69) is 4.74 Å². The molecule has 0 aliphatic heterocycles. The number of hydrogen-bond acceptors (Lipinski definition) is 5. The normalized spacial score (nSPS) is 9.11. The first kappa shape index (κ1) is 16.4. The number of carboxylic acid groups (broad SMARTS) is 1. The minimum atomic E-state index is -1.04. The van der Waals surface area contributed by atoms with Crippen molar-refractivity contribution in [2.45, 2.75) is 6.42 Å². The Morgan fingerprint density at radius 3 is 2.56 bits per heavy atom. The highest BCUT2D eigenvalue weighted by atomic mass is 19.1. The molecule has 0 aliphatic carbocycles. The summed E-state index contributed by atoms with van der Waals surface area (Å²) in [6.45, 7) is -0.00173. The minimum Gasteiger partial charge on any atom is -0.481 e. The van der Waals surface area contributed by atoms with Crippen LogP contribution in [0, 0.1) is 5.82 Å². The summed E-state index contributed by atoms with van der Waals surface area (Å²) in [6.07, 6.45) is -0.281. The first-order chi connectivity index (χ1) is 8.54. The van der Waals surface area contributed by atoms with E-state index in [1.165, 1.54) is 19.2 Å². The number of hydrogen-bond donors (Lipinski definition) is 3. The zero-order valence-electron chi connectivity index (χ0n) is 9.67. The van der Waals surface area contributed by atoms with Gasteiger partial charge in [0.2, 0.25) is 0 Å². The molecule has 0 spiro atoms. The third kappa shape index (κ3) is 6.84. The SMILES string of the molecule is COCOc1ccc(F)cc1CC(=O)O.O[B]O. The lowest BCUT2D eigenvalue weighted by molar-refractivity contribution is -0.136. The smallest absolute Gasteiger partial charge is 0.481 e. The van der Waals surface area contributed by atoms with Crippen LogP contribution in [-0.4, -0.2) is 42.7 Å². The van der Waals surface area contributed by atoms with Crippen LogP contribution in [0.1, 0.15) is 5.56 Å². The Bertz CT molecular complexity index is 373. The van der Waals surface area contributed by atoms with E-state index < -0.39 is 11.8 Å². The standard InChI is InChI=1S/C10H11FO4.BH2O2/c1-14-6-15-9-3-2-8(11)4-7(9)5-10(12)13;2-1-3/h2-4H,5-6H2,1H3,(H,12,13);2-3H. The number of methoxy groups -OCH3 is 1. The van der Waals surface area contributed by atoms with Crippen LogP contribution >= 0.6 is 0 Å². The number of ether oxygens (including phenoxy) is 2. The van der Waals surface area contributed by atoms with Crippen molar-refractivity contribution in [3.05, 3.63) is 29.6 Å². The number of carboxylic acids is 1. The molecule has 1 radical (unpaired) electrons. The number of rotatable bonds is 5. The maximum Gasteiger partial charge on any atom is 0.482 e. The molecule has 3 N–H and O–H groups in total. The maximum atomic E-state index is 12.8. The van der Waals surface area contributed by atoms with Gasteiger partial charge in [0.05, 0.1) is 6.42 Å². The monoisotopic (exact) mass is 259 g/mol. The number of benzene rings is 1. The van der Waals surface area contributed by atoms with Crippen molar-refractivity contribution >= 4 is 13.7 Å². The topological polar surface area (TPSA) is 96.2 Å². The zero-order valence-corrected chi connectivity index (χ0v) is 9.67. The van der Waals surface area contributed by atoms with Crippen LogP contribution in [0.3, 0.4) is 0 Å². The zero-order chi connectivity index (χ0) is 14.0. The molecule has 0 atom stereocenters. The number of aliphatic carboxylic acids is 1. The molecule has 99 valence electrons. The van der Waals surface area contributed by atoms with Gasteiger partial charge >= 0.3 is 13.7 Å². The second-order valence-electron chi connectivity index (χ2n) is 2.99. The third-order valence-electron chi connectivity index (χ3n) is 1.70. The van der Waals surface area contributed by atoms with Crippen molar-refractivity contribution in [2.75, 3.05) is 13.9 Å². The molecule has 18 heavy (non-hydrogen) atoms. The molecule has 0 saturated heterocycles. The summed E-state index contributed by atoms with van der Waals surface area (Å²) in [5.41, 5.74) is 0.291. The maximum absolute atomic E-state index is 12.8. The van der Waals surface area contributed by atoms with E-state index in [-0.39, 0.29) is 20.9 Å². The highest BCUT2D eigenvalue weighted by Gasteiger charge is 2.09. The van der Waals surface area contributed by atoms with Gasteiger partial charge in [-0.15, -0.1) is 0 Å². The first-order valence-corrected chi connectivity index (χ1v) is 4.77. The highest BCUT2D eigenvalue weighted by Crippen LogP contribution is 2.20. The molecule has 0 fully saturated rings. The van der Waals surface area contributed by atoms with Gasteiger partial charge < -0.3 is 24.6 Å². The average molecular weight is 259 g/mol. The molecule has 1 aromatic carbocycles. The van der Waals surface area contributed by atoms with E-state index in [0.717, 1.165) is 6.07 Å². The Morgan fingerprint density at radius 2 is 2.06 bits per heavy atom. The van der Waals surface area contributed by atoms with Crippen LogP contribution in [0.4, 0.5) is 4.39 Å². The predicted octanol–water partition coefficient (Wildman–Crippen LogP) is -0.0593. The molecule has 8 heteroatoms. The molecule has 1 rings (SSSR count). The summed E-state index contributed by atoms with van der Waals surface area (Å²) in [6, 6.07) is 3.72. The van der Waals surface area contributed by atoms with Crippen LogP contribution in [0.15, 0.2) is 18.2 Å². The molecule has 0 saturated carbocycles. The predicted molar refractivity (Wildman–Crippen MR) is 60.4 cm³/mol. The summed E-state index contributed by atoms with van der Waals surface area (Å²) in [5.74, 6) is -1.21. The van der Waals surface area contributed by atoms with Gasteiger partial charge in [-0.2, -0.15) is 0 Å². The fourth-order valence-corrected chi connectivity index (χ4v) is 1.11. The number of halogens is 1. The summed E-state index contributed by atoms with van der Waals surface area (Å²) in [7, 11) is 1.44. The average Bonchev–Trinajstić information content (AvgIpc) is 2.28. The highest BCUT2D eigenvalue weighted by molar-refractivity contribution is 6.13. The van der Waals surface area contributed by atoms with Crippen LogP contribution in [0.2, 0.25) is 0 Å². The fourth-order valence-electron chi connectivity index (χ4n) is 1.11. The first-order valence-electron chi connectivity index (χ1n) is 4.77. The Balaban J connectivity index is 0.000000873. The summed E-state index contributed by atoms with van der Waals surface area (Å²) < 4.78 is 22.6. The Morgan fingerprint density at radius 1 is 1.44 bits per heavy atom. The quantitative estimate of drug-likeness (QED) is 0.506. The second-order valence-corrected chi connectivity index (χ2v) is 2.99. The molecular weight excluding hydrogens is 246 g/mol. The van der Waals surface area contributed by atoms with E-state index in [1.807, 2.05) is 0 Å². The van der Waals surface area contributed by atoms with Gasteiger partial charge in [-0.25, -0.2) is 4.39 Å². The molecule has 0 bridgehead atoms. The molecule has 0 aliphatic rings. The lowest BCUT2D eigenvalue weighted by atomic mass is 10.1. The van der Waals surface area contributed by atoms with E-state index >= 15 is 0 Å². The van der Waals surface area contributed by atoms with Crippen molar-refractivity contribution in [1.82, 2.24) is 0 Å². The molecule has 1 aromatic rings. The van der Waals surface area contributed by atoms with Gasteiger partial charge in [-0.3, -0.25) is 4.79 Å². The molecular formula is C10H13BFO6. The van der Waals surface area contributed by atoms with Gasteiger partial charge in [0.1, 0.15) is 11.6 Å². The van der Waals surface area contributed by atoms with Crippen molar-refractivity contribution in [3.63, 3.8) is 0 Å². The van der Waals surface area contributed by atoms with E-state index in [9.17, 15) is 9.18 Å². The van der Waals surface area contributed by atoms with Crippen molar-refractivity contribution in [3.8, 4) is 5.75 Å². The Hall–Kier alpha value is -1.64. The molecule has 0 unspecified atom stereocenters. The number of carbonyl (C=O) groups is 1. The Kier molecular flexibility index (Phi) is 8.55. The summed E-state index contributed by atoms with van der Waals surface area (Å²) in [5, 5.41) is 22.6. The van der Waals surface area contributed by atoms with E-state index in [4.69, 9.17) is 19.9 Å². The molecule has 0 amide bonds. The van der Waals surface area contributed by atoms with Gasteiger partial charge in [-0.1, -0.05) is 0 Å². The molecule has 6 nitrogen and oxygen atoms in total. The van der Waals surface area contributed by atoms with Gasteiger partial charge in [0, 0.05) is 12.7 Å². The third-order valence-corrected chi connectivity index (χ3v) is 1.70. The van der Waals surface area contributed by atoms with Crippen LogP contribution < -0.4 is 4.74 Å². The lowest BCUT2D eigenvalue weighted by Gasteiger charge is -2.09. The van der Waals surface area contributed by atoms with Crippen molar-refractivity contribution in [2.24, 2.45) is 0 Å². The lowest BCUT2D eigenvalue weighted by Crippen LogP contribution is -2.06. The van der Waals surface area contributed by atoms with Gasteiger partial charge in [-0.05, 0) is 18.2 Å². The van der Waals surface area contributed by atoms with Gasteiger partial charge in [0.15, 0.2) is 6.79 Å². The fraction of sp³-hybridized carbons (Fsp3) is 0.300.